The molecule has 1 amide bonds. The maximum absolute atomic E-state index is 13.4. The minimum absolute atomic E-state index is 0.00357. The molecular weight excluding hydrogens is 398 g/mol. The van der Waals surface area contributed by atoms with E-state index in [2.05, 4.69) is 9.97 Å². The molecule has 0 saturated heterocycles. The van der Waals surface area contributed by atoms with Crippen LogP contribution in [0.15, 0.2) is 47.6 Å². The first-order chi connectivity index (χ1) is 14.5. The maximum atomic E-state index is 13.4. The number of thioether (sulfide) groups is 1. The van der Waals surface area contributed by atoms with Crippen LogP contribution in [0.4, 0.5) is 5.69 Å². The molecule has 2 aromatic carbocycles. The molecule has 0 bridgehead atoms. The second-order valence-electron chi connectivity index (χ2n) is 7.31. The molecule has 7 heteroatoms. The van der Waals surface area contributed by atoms with Crippen molar-refractivity contribution >= 4 is 34.4 Å². The number of imidazole rings is 1. The van der Waals surface area contributed by atoms with Gasteiger partial charge in [0.25, 0.3) is 0 Å². The van der Waals surface area contributed by atoms with E-state index >= 15 is 0 Å². The molecule has 0 saturated carbocycles. The number of rotatable bonds is 9. The molecule has 3 aromatic rings. The highest BCUT2D eigenvalue weighted by Gasteiger charge is 2.27. The van der Waals surface area contributed by atoms with E-state index in [0.29, 0.717) is 6.61 Å². The molecule has 30 heavy (non-hydrogen) atoms. The van der Waals surface area contributed by atoms with Crippen LogP contribution >= 0.6 is 11.8 Å². The first-order valence-corrected chi connectivity index (χ1v) is 11.0. The number of fused-ring (bicyclic) bond motifs is 1. The van der Waals surface area contributed by atoms with Crippen LogP contribution in [0.5, 0.6) is 0 Å². The van der Waals surface area contributed by atoms with Crippen molar-refractivity contribution in [2.24, 2.45) is 0 Å². The number of H-pyrrole nitrogens is 1. The third-order valence-electron chi connectivity index (χ3n) is 5.12. The van der Waals surface area contributed by atoms with Crippen LogP contribution in [0.1, 0.15) is 31.1 Å². The van der Waals surface area contributed by atoms with Crippen molar-refractivity contribution in [1.29, 1.82) is 0 Å². The van der Waals surface area contributed by atoms with Gasteiger partial charge in [0, 0.05) is 19.8 Å². The highest BCUT2D eigenvalue weighted by Crippen LogP contribution is 2.33. The zero-order chi connectivity index (χ0) is 21.7. The van der Waals surface area contributed by atoms with Gasteiger partial charge in [-0.2, -0.15) is 0 Å². The Labute approximate surface area is 182 Å². The predicted octanol–water partition coefficient (Wildman–Crippen LogP) is 4.74. The number of hydrogen-bond donors (Lipinski definition) is 1. The number of hydrogen-bond acceptors (Lipinski definition) is 5. The first-order valence-electron chi connectivity index (χ1n) is 9.97. The number of carbonyl (C=O) groups is 1. The van der Waals surface area contributed by atoms with Crippen LogP contribution < -0.4 is 4.90 Å². The molecule has 0 spiro atoms. The standard InChI is InChI=1S/C23H29N3O3S/c1-15-9-8-10-18(17(3)29-5)22(15)26(16(2)13-28-4)21(27)14-30-23-24-19-11-6-7-12-20(19)25-23/h6-12,16-17H,13-14H2,1-5H3,(H,24,25)/t16-,17-/m0/s1. The predicted molar refractivity (Wildman–Crippen MR) is 122 cm³/mol. The van der Waals surface area contributed by atoms with Crippen molar-refractivity contribution in [3.8, 4) is 0 Å². The summed E-state index contributed by atoms with van der Waals surface area (Å²) in [4.78, 5) is 23.1. The fourth-order valence-electron chi connectivity index (χ4n) is 3.57. The van der Waals surface area contributed by atoms with Crippen LogP contribution in [0.25, 0.3) is 11.0 Å². The molecule has 0 aliphatic rings. The van der Waals surface area contributed by atoms with E-state index in [9.17, 15) is 4.79 Å². The number of benzene rings is 2. The van der Waals surface area contributed by atoms with Crippen molar-refractivity contribution in [1.82, 2.24) is 9.97 Å². The number of aryl methyl sites for hydroxylation is 1. The van der Waals surface area contributed by atoms with Gasteiger partial charge in [-0.1, -0.05) is 42.1 Å². The SMILES string of the molecule is COC[C@H](C)N(C(=O)CSc1nc2ccccc2[nH]1)c1c(C)cccc1[C@H](C)OC. The topological polar surface area (TPSA) is 67.5 Å². The Kier molecular flexibility index (Phi) is 7.53. The van der Waals surface area contributed by atoms with Gasteiger partial charge in [0.1, 0.15) is 0 Å². The highest BCUT2D eigenvalue weighted by molar-refractivity contribution is 7.99. The van der Waals surface area contributed by atoms with E-state index < -0.39 is 0 Å². The lowest BCUT2D eigenvalue weighted by Gasteiger charge is -2.33. The summed E-state index contributed by atoms with van der Waals surface area (Å²) in [5.74, 6) is 0.270. The third-order valence-corrected chi connectivity index (χ3v) is 5.98. The van der Waals surface area contributed by atoms with Crippen LogP contribution in [0.3, 0.4) is 0 Å². The summed E-state index contributed by atoms with van der Waals surface area (Å²) in [6, 6.07) is 13.8. The number of amides is 1. The summed E-state index contributed by atoms with van der Waals surface area (Å²) in [7, 11) is 3.33. The lowest BCUT2D eigenvalue weighted by Crippen LogP contribution is -2.43. The minimum atomic E-state index is -0.132. The van der Waals surface area contributed by atoms with Gasteiger partial charge in [-0.15, -0.1) is 0 Å². The Balaban J connectivity index is 1.89. The Morgan fingerprint density at radius 3 is 2.63 bits per heavy atom. The maximum Gasteiger partial charge on any atom is 0.237 e. The lowest BCUT2D eigenvalue weighted by molar-refractivity contribution is -0.116. The molecule has 0 aliphatic heterocycles. The first kappa shape index (κ1) is 22.3. The fraction of sp³-hybridized carbons (Fsp3) is 0.391. The summed E-state index contributed by atoms with van der Waals surface area (Å²) in [6.45, 7) is 6.45. The van der Waals surface area contributed by atoms with Crippen molar-refractivity contribution in [3.63, 3.8) is 0 Å². The molecule has 160 valence electrons. The summed E-state index contributed by atoms with van der Waals surface area (Å²) in [5, 5.41) is 0.735. The lowest BCUT2D eigenvalue weighted by atomic mass is 10.0. The van der Waals surface area contributed by atoms with Gasteiger partial charge >= 0.3 is 0 Å². The minimum Gasteiger partial charge on any atom is -0.383 e. The number of methoxy groups -OCH3 is 2. The molecule has 3 rings (SSSR count). The molecular formula is C23H29N3O3S. The van der Waals surface area contributed by atoms with Crippen molar-refractivity contribution in [2.45, 2.75) is 38.1 Å². The Hall–Kier alpha value is -2.35. The molecule has 1 aromatic heterocycles. The number of para-hydroxylation sites is 3. The quantitative estimate of drug-likeness (QED) is 0.500. The Bertz CT molecular complexity index is 971. The van der Waals surface area contributed by atoms with E-state index in [-0.39, 0.29) is 23.8 Å². The van der Waals surface area contributed by atoms with E-state index in [1.165, 1.54) is 11.8 Å². The second-order valence-corrected chi connectivity index (χ2v) is 8.27. The van der Waals surface area contributed by atoms with E-state index in [1.54, 1.807) is 14.2 Å². The average molecular weight is 428 g/mol. The highest BCUT2D eigenvalue weighted by atomic mass is 32.2. The van der Waals surface area contributed by atoms with Gasteiger partial charge < -0.3 is 19.4 Å². The number of aromatic nitrogens is 2. The zero-order valence-electron chi connectivity index (χ0n) is 18.1. The van der Waals surface area contributed by atoms with Gasteiger partial charge in [0.15, 0.2) is 5.16 Å². The molecule has 0 radical (unpaired) electrons. The Morgan fingerprint density at radius 2 is 1.93 bits per heavy atom. The second kappa shape index (κ2) is 10.1. The molecule has 2 atom stereocenters. The van der Waals surface area contributed by atoms with E-state index in [1.807, 2.05) is 68.1 Å². The summed E-state index contributed by atoms with van der Waals surface area (Å²) in [5.41, 5.74) is 4.77. The van der Waals surface area contributed by atoms with E-state index in [4.69, 9.17) is 9.47 Å². The number of ether oxygens (including phenoxy) is 2. The van der Waals surface area contributed by atoms with Crippen LogP contribution in [-0.2, 0) is 14.3 Å². The van der Waals surface area contributed by atoms with Gasteiger partial charge in [-0.3, -0.25) is 4.79 Å². The van der Waals surface area contributed by atoms with Crippen molar-refractivity contribution in [3.05, 3.63) is 53.6 Å². The molecule has 0 aliphatic carbocycles. The van der Waals surface area contributed by atoms with Crippen LogP contribution in [0, 0.1) is 6.92 Å². The summed E-state index contributed by atoms with van der Waals surface area (Å²) < 4.78 is 11.0. The van der Waals surface area contributed by atoms with Crippen LogP contribution in [0.2, 0.25) is 0 Å². The van der Waals surface area contributed by atoms with Gasteiger partial charge in [0.05, 0.1) is 41.2 Å². The third kappa shape index (κ3) is 4.86. The van der Waals surface area contributed by atoms with Crippen LogP contribution in [-0.4, -0.2) is 48.5 Å². The number of carbonyl (C=O) groups excluding carboxylic acids is 1. The summed E-state index contributed by atoms with van der Waals surface area (Å²) in [6.07, 6.45) is -0.132. The van der Waals surface area contributed by atoms with Gasteiger partial charge in [0.2, 0.25) is 5.91 Å². The number of anilines is 1. The largest absolute Gasteiger partial charge is 0.383 e. The Morgan fingerprint density at radius 1 is 1.17 bits per heavy atom. The average Bonchev–Trinajstić information content (AvgIpc) is 3.16. The number of nitrogens with zero attached hydrogens (tertiary/aromatic N) is 2. The zero-order valence-corrected chi connectivity index (χ0v) is 19.0. The smallest absolute Gasteiger partial charge is 0.237 e. The molecule has 6 nitrogen and oxygen atoms in total. The number of nitrogens with one attached hydrogen (secondary N) is 1. The normalized spacial score (nSPS) is 13.4. The number of aromatic amines is 1. The van der Waals surface area contributed by atoms with E-state index in [0.717, 1.165) is 33.0 Å². The molecule has 0 fully saturated rings. The van der Waals surface area contributed by atoms with Gasteiger partial charge in [-0.05, 0) is 38.5 Å². The fourth-order valence-corrected chi connectivity index (χ4v) is 4.31. The molecule has 1 heterocycles. The summed E-state index contributed by atoms with van der Waals surface area (Å²) >= 11 is 1.41. The van der Waals surface area contributed by atoms with Crippen molar-refractivity contribution in [2.75, 3.05) is 31.5 Å². The monoisotopic (exact) mass is 427 g/mol. The molecule has 1 N–H and O–H groups in total. The molecule has 0 unspecified atom stereocenters. The van der Waals surface area contributed by atoms with Gasteiger partial charge in [-0.25, -0.2) is 4.98 Å². The van der Waals surface area contributed by atoms with Crippen molar-refractivity contribution < 1.29 is 14.3 Å².